The average Bonchev–Trinajstić information content (AvgIpc) is 3.09. The van der Waals surface area contributed by atoms with E-state index in [-0.39, 0.29) is 23.9 Å². The van der Waals surface area contributed by atoms with Crippen molar-refractivity contribution in [3.8, 4) is 0 Å². The Morgan fingerprint density at radius 2 is 1.61 bits per heavy atom. The summed E-state index contributed by atoms with van der Waals surface area (Å²) in [5.41, 5.74) is 5.77. The second-order valence-electron chi connectivity index (χ2n) is 12.5. The number of benzene rings is 2. The first-order valence-electron chi connectivity index (χ1n) is 17.0. The summed E-state index contributed by atoms with van der Waals surface area (Å²) in [6.07, 6.45) is 7.31. The van der Waals surface area contributed by atoms with Crippen LogP contribution in [0.1, 0.15) is 44.4 Å². The molecule has 2 aliphatic rings. The molecule has 2 aromatic carbocycles. The lowest BCUT2D eigenvalue weighted by molar-refractivity contribution is -0.138. The Morgan fingerprint density at radius 3 is 2.18 bits per heavy atom. The fourth-order valence-corrected chi connectivity index (χ4v) is 6.30. The van der Waals surface area contributed by atoms with E-state index in [1.807, 2.05) is 47.4 Å². The third kappa shape index (κ3) is 12.8. The van der Waals surface area contributed by atoms with Gasteiger partial charge in [0.25, 0.3) is 0 Å². The van der Waals surface area contributed by atoms with E-state index in [0.717, 1.165) is 38.3 Å². The fraction of sp³-hybridized carbons (Fsp3) is 0.474. The summed E-state index contributed by atoms with van der Waals surface area (Å²) < 4.78 is 29.0. The van der Waals surface area contributed by atoms with E-state index >= 15 is 0 Å². The molecular weight excluding hydrogens is 651 g/mol. The molecule has 2 heterocycles. The molecule has 3 atom stereocenters. The fourth-order valence-electron chi connectivity index (χ4n) is 6.18. The van der Waals surface area contributed by atoms with Crippen LogP contribution in [0.2, 0.25) is 5.02 Å². The largest absolute Gasteiger partial charge is 0.379 e. The molecule has 0 spiro atoms. The maximum Gasteiger partial charge on any atom is 0.379 e. The second-order valence-corrected chi connectivity index (χ2v) is 13.0. The van der Waals surface area contributed by atoms with E-state index in [1.54, 1.807) is 0 Å². The number of hydrogen-bond acceptors (Lipinski definition) is 5. The van der Waals surface area contributed by atoms with Gasteiger partial charge in [-0.15, -0.1) is 0 Å². The van der Waals surface area contributed by atoms with E-state index < -0.39 is 12.7 Å². The number of alkyl halides is 3. The van der Waals surface area contributed by atoms with Crippen molar-refractivity contribution in [1.82, 2.24) is 25.3 Å². The van der Waals surface area contributed by atoms with Gasteiger partial charge in [0.05, 0.1) is 6.04 Å². The third-order valence-electron chi connectivity index (χ3n) is 8.99. The van der Waals surface area contributed by atoms with Crippen LogP contribution in [0.5, 0.6) is 0 Å². The summed E-state index contributed by atoms with van der Waals surface area (Å²) in [5, 5.41) is 7.14. The van der Waals surface area contributed by atoms with Gasteiger partial charge in [0.1, 0.15) is 6.04 Å². The Morgan fingerprint density at radius 1 is 1.00 bits per heavy atom. The van der Waals surface area contributed by atoms with E-state index in [2.05, 4.69) is 79.0 Å². The zero-order valence-electron chi connectivity index (χ0n) is 29.1. The zero-order valence-corrected chi connectivity index (χ0v) is 29.9. The first kappa shape index (κ1) is 40.0. The smallest absolute Gasteiger partial charge is 0.343 e. The lowest BCUT2D eigenvalue weighted by Gasteiger charge is -2.42. The number of hydrogen-bond donors (Lipinski definition) is 2. The predicted molar refractivity (Wildman–Crippen MR) is 192 cm³/mol. The molecule has 0 aliphatic carbocycles. The van der Waals surface area contributed by atoms with Crippen LogP contribution in [0.3, 0.4) is 0 Å². The van der Waals surface area contributed by atoms with Gasteiger partial charge in [0.2, 0.25) is 11.8 Å². The van der Waals surface area contributed by atoms with Gasteiger partial charge in [-0.25, -0.2) is 0 Å². The van der Waals surface area contributed by atoms with Gasteiger partial charge in [0, 0.05) is 56.8 Å². The van der Waals surface area contributed by atoms with Gasteiger partial charge < -0.3 is 20.4 Å². The first-order valence-corrected chi connectivity index (χ1v) is 17.3. The van der Waals surface area contributed by atoms with Crippen molar-refractivity contribution in [2.45, 2.75) is 71.9 Å². The molecule has 2 aromatic rings. The number of halogens is 4. The van der Waals surface area contributed by atoms with Crippen molar-refractivity contribution < 1.29 is 22.8 Å². The maximum absolute atomic E-state index is 14.1. The lowest BCUT2D eigenvalue weighted by atomic mass is 9.95. The monoisotopic (exact) mass is 701 g/mol. The van der Waals surface area contributed by atoms with E-state index in [1.165, 1.54) is 22.3 Å². The molecule has 268 valence electrons. The van der Waals surface area contributed by atoms with Gasteiger partial charge in [-0.2, -0.15) is 13.2 Å². The molecule has 4 rings (SSSR count). The minimum Gasteiger partial charge on any atom is -0.343 e. The first-order chi connectivity index (χ1) is 23.4. The Labute approximate surface area is 294 Å². The van der Waals surface area contributed by atoms with Crippen molar-refractivity contribution in [3.05, 3.63) is 106 Å². The maximum atomic E-state index is 14.1. The van der Waals surface area contributed by atoms with Crippen LogP contribution in [0.25, 0.3) is 0 Å². The van der Waals surface area contributed by atoms with E-state index in [9.17, 15) is 22.8 Å². The van der Waals surface area contributed by atoms with Crippen LogP contribution in [-0.2, 0) is 29.0 Å². The molecule has 49 heavy (non-hydrogen) atoms. The molecule has 1 fully saturated rings. The molecule has 2 N–H and O–H groups in total. The Bertz CT molecular complexity index is 1420. The number of carbonyl (C=O) groups excluding carboxylic acids is 2. The highest BCUT2D eigenvalue weighted by Gasteiger charge is 2.34. The minimum absolute atomic E-state index is 0.0431. The molecule has 2 aliphatic heterocycles. The average molecular weight is 702 g/mol. The molecule has 3 unspecified atom stereocenters. The molecule has 0 radical (unpaired) electrons. The van der Waals surface area contributed by atoms with Crippen molar-refractivity contribution in [1.29, 1.82) is 0 Å². The SMILES string of the molecule is C=C/C(=C\C=C(C)C)C(CN(CC)CC)N1CCN(C(=O)C(Cc2ccc(Cl)cc2)NC(=O)C2Cc3ccccc3CN2)CC1.FC(F)F. The van der Waals surface area contributed by atoms with Crippen LogP contribution in [-0.4, -0.2) is 97.1 Å². The Kier molecular flexibility index (Phi) is 16.6. The summed E-state index contributed by atoms with van der Waals surface area (Å²) in [6.45, 7) is 15.3. The standard InChI is InChI=1S/C37H50ClN5O2.CHF3/c1-6-29(16-13-27(4)5)35(26-41(7-2)8-3)42-19-21-43(22-20-42)37(45)34(23-28-14-17-32(38)18-15-28)40-36(44)33-24-30-11-9-10-12-31(30)25-39-33;2-1(3)4/h6,9-18,33-35,39H,1,7-8,19-26H2,2-5H3,(H,40,44);1H/b29-16+;. The normalized spacial score (nSPS) is 17.8. The summed E-state index contributed by atoms with van der Waals surface area (Å²) in [4.78, 5) is 34.5. The van der Waals surface area contributed by atoms with Gasteiger partial charge >= 0.3 is 6.68 Å². The topological polar surface area (TPSA) is 67.9 Å². The lowest BCUT2D eigenvalue weighted by Crippen LogP contribution is -2.60. The highest BCUT2D eigenvalue weighted by atomic mass is 35.5. The third-order valence-corrected chi connectivity index (χ3v) is 9.24. The summed E-state index contributed by atoms with van der Waals surface area (Å²) >= 11 is 6.14. The number of likely N-dealkylation sites (N-methyl/N-ethyl adjacent to an activating group) is 1. The van der Waals surface area contributed by atoms with Gasteiger partial charge in [-0.05, 0) is 67.8 Å². The number of carbonyl (C=O) groups is 2. The summed E-state index contributed by atoms with van der Waals surface area (Å²) in [6, 6.07) is 14.8. The Balaban J connectivity index is 0.00000154. The van der Waals surface area contributed by atoms with E-state index in [0.29, 0.717) is 37.5 Å². The molecule has 0 saturated carbocycles. The number of piperazine rings is 1. The number of allylic oxidation sites excluding steroid dienone is 3. The summed E-state index contributed by atoms with van der Waals surface area (Å²) in [7, 11) is 0. The second kappa shape index (κ2) is 20.3. The molecule has 0 aromatic heterocycles. The van der Waals surface area contributed by atoms with Crippen molar-refractivity contribution in [3.63, 3.8) is 0 Å². The van der Waals surface area contributed by atoms with Gasteiger partial charge in [-0.3, -0.25) is 14.5 Å². The van der Waals surface area contributed by atoms with Gasteiger partial charge in [-0.1, -0.05) is 92.2 Å². The predicted octanol–water partition coefficient (Wildman–Crippen LogP) is 6.19. The molecule has 7 nitrogen and oxygen atoms in total. The molecule has 1 saturated heterocycles. The molecule has 11 heteroatoms. The van der Waals surface area contributed by atoms with Crippen LogP contribution in [0.4, 0.5) is 13.2 Å². The Hall–Kier alpha value is -3.44. The highest BCUT2D eigenvalue weighted by Crippen LogP contribution is 2.20. The number of nitrogens with one attached hydrogen (secondary N) is 2. The number of nitrogens with zero attached hydrogens (tertiary/aromatic N) is 3. The molecule has 2 amide bonds. The van der Waals surface area contributed by atoms with Crippen LogP contribution >= 0.6 is 11.6 Å². The zero-order chi connectivity index (χ0) is 35.9. The quantitative estimate of drug-likeness (QED) is 0.244. The number of rotatable bonds is 13. The van der Waals surface area contributed by atoms with Crippen molar-refractivity contribution >= 4 is 23.4 Å². The molecule has 0 bridgehead atoms. The molecular formula is C38H51ClF3N5O2. The van der Waals surface area contributed by atoms with Crippen LogP contribution < -0.4 is 10.6 Å². The van der Waals surface area contributed by atoms with Crippen molar-refractivity contribution in [2.75, 3.05) is 45.8 Å². The van der Waals surface area contributed by atoms with Gasteiger partial charge in [0.15, 0.2) is 0 Å². The van der Waals surface area contributed by atoms with Crippen molar-refractivity contribution in [2.24, 2.45) is 0 Å². The number of fused-ring (bicyclic) bond motifs is 1. The van der Waals surface area contributed by atoms with Crippen LogP contribution in [0, 0.1) is 0 Å². The minimum atomic E-state index is -3.67. The van der Waals surface area contributed by atoms with E-state index in [4.69, 9.17) is 11.6 Å². The highest BCUT2D eigenvalue weighted by molar-refractivity contribution is 6.30. The summed E-state index contributed by atoms with van der Waals surface area (Å²) in [5.74, 6) is -0.187. The number of amides is 2. The van der Waals surface area contributed by atoms with Crippen LogP contribution in [0.15, 0.2) is 84.5 Å².